The maximum absolute atomic E-state index is 5.20. The fourth-order valence-electron chi connectivity index (χ4n) is 2.64. The van der Waals surface area contributed by atoms with Crippen LogP contribution in [0.3, 0.4) is 0 Å². The summed E-state index contributed by atoms with van der Waals surface area (Å²) in [5, 5.41) is 3.69. The Bertz CT molecular complexity index is 373. The summed E-state index contributed by atoms with van der Waals surface area (Å²) in [5.41, 5.74) is 1.45. The molecule has 1 saturated carbocycles. The van der Waals surface area contributed by atoms with Crippen molar-refractivity contribution in [2.24, 2.45) is 5.92 Å². The molecule has 1 aliphatic rings. The van der Waals surface area contributed by atoms with E-state index in [1.165, 1.54) is 24.2 Å². The third kappa shape index (κ3) is 4.15. The fraction of sp³-hybridized carbons (Fsp3) is 0.625. The number of nitrogens with one attached hydrogen (secondary N) is 1. The van der Waals surface area contributed by atoms with Gasteiger partial charge in [-0.25, -0.2) is 0 Å². The topological polar surface area (TPSA) is 21.3 Å². The van der Waals surface area contributed by atoms with Crippen LogP contribution in [0.2, 0.25) is 0 Å². The number of methoxy groups -OCH3 is 1. The van der Waals surface area contributed by atoms with Gasteiger partial charge in [0.25, 0.3) is 0 Å². The van der Waals surface area contributed by atoms with Crippen LogP contribution < -0.4 is 10.1 Å². The molecule has 2 nitrogen and oxygen atoms in total. The normalized spacial score (nSPS) is 23.7. The summed E-state index contributed by atoms with van der Waals surface area (Å²) in [6.45, 7) is 3.48. The van der Waals surface area contributed by atoms with Crippen molar-refractivity contribution in [3.8, 4) is 5.75 Å². The van der Waals surface area contributed by atoms with Crippen LogP contribution >= 0.6 is 11.8 Å². The van der Waals surface area contributed by atoms with Crippen molar-refractivity contribution in [1.29, 1.82) is 0 Å². The Morgan fingerprint density at radius 2 is 2.00 bits per heavy atom. The number of hydrogen-bond donors (Lipinski definition) is 1. The smallest absolute Gasteiger partial charge is 0.118 e. The first kappa shape index (κ1) is 14.7. The summed E-state index contributed by atoms with van der Waals surface area (Å²) >= 11 is 1.94. The Hall–Kier alpha value is -0.670. The molecular formula is C16H25NOS. The molecule has 0 amide bonds. The van der Waals surface area contributed by atoms with Gasteiger partial charge in [-0.15, -0.1) is 0 Å². The molecule has 1 unspecified atom stereocenters. The van der Waals surface area contributed by atoms with Crippen molar-refractivity contribution in [1.82, 2.24) is 5.32 Å². The lowest BCUT2D eigenvalue weighted by Crippen LogP contribution is -2.42. The molecule has 106 valence electrons. The van der Waals surface area contributed by atoms with Crippen molar-refractivity contribution in [2.75, 3.05) is 25.7 Å². The van der Waals surface area contributed by atoms with Gasteiger partial charge in [-0.05, 0) is 60.9 Å². The second kappa shape index (κ2) is 7.20. The van der Waals surface area contributed by atoms with Crippen molar-refractivity contribution in [3.63, 3.8) is 0 Å². The lowest BCUT2D eigenvalue weighted by Gasteiger charge is -2.37. The summed E-state index contributed by atoms with van der Waals surface area (Å²) in [6.07, 6.45) is 4.73. The van der Waals surface area contributed by atoms with Gasteiger partial charge in [0.05, 0.1) is 7.11 Å². The number of thioether (sulfide) groups is 1. The largest absolute Gasteiger partial charge is 0.497 e. The van der Waals surface area contributed by atoms with Crippen LogP contribution in [0, 0.1) is 5.92 Å². The molecule has 0 aliphatic heterocycles. The molecule has 0 heterocycles. The predicted octanol–water partition coefficient (Wildman–Crippen LogP) is 3.53. The predicted molar refractivity (Wildman–Crippen MR) is 84.3 cm³/mol. The van der Waals surface area contributed by atoms with E-state index in [-0.39, 0.29) is 0 Å². The van der Waals surface area contributed by atoms with E-state index in [0.717, 1.165) is 30.2 Å². The van der Waals surface area contributed by atoms with E-state index >= 15 is 0 Å². The van der Waals surface area contributed by atoms with Crippen LogP contribution in [0.25, 0.3) is 0 Å². The van der Waals surface area contributed by atoms with Crippen LogP contribution in [-0.2, 0) is 0 Å². The molecule has 0 bridgehead atoms. The lowest BCUT2D eigenvalue weighted by atomic mass is 9.76. The Morgan fingerprint density at radius 3 is 2.58 bits per heavy atom. The van der Waals surface area contributed by atoms with Crippen LogP contribution in [-0.4, -0.2) is 31.7 Å². The number of ether oxygens (including phenoxy) is 1. The third-order valence-electron chi connectivity index (χ3n) is 3.93. The molecule has 0 saturated heterocycles. The number of hydrogen-bond acceptors (Lipinski definition) is 3. The van der Waals surface area contributed by atoms with Crippen molar-refractivity contribution in [3.05, 3.63) is 29.8 Å². The number of benzene rings is 1. The van der Waals surface area contributed by atoms with Gasteiger partial charge in [0.2, 0.25) is 0 Å². The molecule has 1 aromatic carbocycles. The van der Waals surface area contributed by atoms with Gasteiger partial charge in [-0.2, -0.15) is 11.8 Å². The molecule has 2 rings (SSSR count). The Kier molecular flexibility index (Phi) is 5.59. The highest BCUT2D eigenvalue weighted by molar-refractivity contribution is 7.98. The molecule has 0 aromatic heterocycles. The van der Waals surface area contributed by atoms with Gasteiger partial charge in [0.1, 0.15) is 5.75 Å². The second-order valence-corrected chi connectivity index (χ2v) is 6.52. The van der Waals surface area contributed by atoms with Gasteiger partial charge in [-0.1, -0.05) is 19.1 Å². The minimum Gasteiger partial charge on any atom is -0.497 e. The van der Waals surface area contributed by atoms with E-state index in [2.05, 4.69) is 42.8 Å². The summed E-state index contributed by atoms with van der Waals surface area (Å²) in [7, 11) is 1.72. The number of rotatable bonds is 7. The average molecular weight is 279 g/mol. The molecule has 0 radical (unpaired) electrons. The molecule has 1 aromatic rings. The first-order valence-electron chi connectivity index (χ1n) is 7.09. The van der Waals surface area contributed by atoms with Gasteiger partial charge in [-0.3, -0.25) is 0 Å². The quantitative estimate of drug-likeness (QED) is 0.825. The third-order valence-corrected chi connectivity index (χ3v) is 4.83. The molecule has 3 heteroatoms. The summed E-state index contributed by atoms with van der Waals surface area (Å²) < 4.78 is 5.20. The van der Waals surface area contributed by atoms with Crippen molar-refractivity contribution < 1.29 is 4.74 Å². The van der Waals surface area contributed by atoms with Gasteiger partial charge in [0.15, 0.2) is 0 Å². The molecule has 19 heavy (non-hydrogen) atoms. The lowest BCUT2D eigenvalue weighted by molar-refractivity contribution is 0.282. The second-order valence-electron chi connectivity index (χ2n) is 5.61. The van der Waals surface area contributed by atoms with Crippen LogP contribution in [0.4, 0.5) is 0 Å². The van der Waals surface area contributed by atoms with E-state index in [1.54, 1.807) is 7.11 Å². The zero-order chi connectivity index (χ0) is 13.7. The zero-order valence-electron chi connectivity index (χ0n) is 12.2. The summed E-state index contributed by atoms with van der Waals surface area (Å²) in [5.74, 6) is 3.71. The molecule has 1 fully saturated rings. The first-order valence-corrected chi connectivity index (χ1v) is 8.48. The van der Waals surface area contributed by atoms with Gasteiger partial charge >= 0.3 is 0 Å². The summed E-state index contributed by atoms with van der Waals surface area (Å²) in [4.78, 5) is 0. The van der Waals surface area contributed by atoms with E-state index in [4.69, 9.17) is 4.74 Å². The van der Waals surface area contributed by atoms with E-state index in [0.29, 0.717) is 0 Å². The van der Waals surface area contributed by atoms with Crippen molar-refractivity contribution >= 4 is 11.8 Å². The maximum atomic E-state index is 5.20. The van der Waals surface area contributed by atoms with Gasteiger partial charge in [0, 0.05) is 6.04 Å². The fourth-order valence-corrected chi connectivity index (χ4v) is 3.33. The molecular weight excluding hydrogens is 254 g/mol. The minimum absolute atomic E-state index is 0.719. The highest BCUT2D eigenvalue weighted by Gasteiger charge is 2.29. The molecule has 1 N–H and O–H groups in total. The Labute approximate surface area is 121 Å². The molecule has 0 spiro atoms. The van der Waals surface area contributed by atoms with Crippen LogP contribution in [0.15, 0.2) is 24.3 Å². The molecule has 1 atom stereocenters. The SMILES string of the molecule is COc1ccc(C2CC(NCC(C)CSC)C2)cc1. The van der Waals surface area contributed by atoms with E-state index < -0.39 is 0 Å². The monoisotopic (exact) mass is 279 g/mol. The zero-order valence-corrected chi connectivity index (χ0v) is 13.0. The summed E-state index contributed by atoms with van der Waals surface area (Å²) in [6, 6.07) is 9.26. The average Bonchev–Trinajstić information content (AvgIpc) is 2.38. The highest BCUT2D eigenvalue weighted by atomic mass is 32.2. The first-order chi connectivity index (χ1) is 9.22. The van der Waals surface area contributed by atoms with Crippen molar-refractivity contribution in [2.45, 2.75) is 31.7 Å². The minimum atomic E-state index is 0.719. The standard InChI is InChI=1S/C16H25NOS/c1-12(11-19-3)10-17-15-8-14(9-15)13-4-6-16(18-2)7-5-13/h4-7,12,14-15,17H,8-11H2,1-3H3. The Balaban J connectivity index is 1.70. The van der Waals surface area contributed by atoms with Crippen LogP contribution in [0.5, 0.6) is 5.75 Å². The van der Waals surface area contributed by atoms with Crippen LogP contribution in [0.1, 0.15) is 31.2 Å². The van der Waals surface area contributed by atoms with E-state index in [1.807, 2.05) is 11.8 Å². The molecule has 1 aliphatic carbocycles. The van der Waals surface area contributed by atoms with E-state index in [9.17, 15) is 0 Å². The Morgan fingerprint density at radius 1 is 1.32 bits per heavy atom. The maximum Gasteiger partial charge on any atom is 0.118 e. The van der Waals surface area contributed by atoms with Gasteiger partial charge < -0.3 is 10.1 Å². The highest BCUT2D eigenvalue weighted by Crippen LogP contribution is 2.37.